The van der Waals surface area contributed by atoms with E-state index in [0.717, 1.165) is 5.56 Å². The van der Waals surface area contributed by atoms with Crippen molar-refractivity contribution in [2.24, 2.45) is 0 Å². The number of hydrogen-bond acceptors (Lipinski definition) is 4. The molecule has 0 spiro atoms. The van der Waals surface area contributed by atoms with Gasteiger partial charge in [-0.3, -0.25) is 9.89 Å². The number of rotatable bonds is 5. The van der Waals surface area contributed by atoms with Gasteiger partial charge in [0.1, 0.15) is 11.4 Å². The molecule has 1 aromatic heterocycles. The van der Waals surface area contributed by atoms with E-state index in [1.54, 1.807) is 6.92 Å². The van der Waals surface area contributed by atoms with Gasteiger partial charge in [-0.1, -0.05) is 30.3 Å². The van der Waals surface area contributed by atoms with Crippen LogP contribution in [0.5, 0.6) is 0 Å². The minimum absolute atomic E-state index is 0.216. The molecule has 0 saturated heterocycles. The van der Waals surface area contributed by atoms with Crippen LogP contribution in [0.25, 0.3) is 0 Å². The Kier molecular flexibility index (Phi) is 4.49. The summed E-state index contributed by atoms with van der Waals surface area (Å²) in [5, 5.41) is 8.94. The maximum atomic E-state index is 11.9. The standard InChI is InChI=1S/C14H15N3O3/c1-2-20-14(19)11-9-15-17-13(11)16-12(18)8-10-6-4-3-5-7-10/h3-7,9H,2,8H2,1H3,(H2,15,16,17,18). The third-order valence-corrected chi connectivity index (χ3v) is 2.61. The highest BCUT2D eigenvalue weighted by atomic mass is 16.5. The number of nitrogens with zero attached hydrogens (tertiary/aromatic N) is 1. The summed E-state index contributed by atoms with van der Waals surface area (Å²) < 4.78 is 4.88. The summed E-state index contributed by atoms with van der Waals surface area (Å²) in [6.45, 7) is 1.98. The first-order valence-corrected chi connectivity index (χ1v) is 6.25. The fourth-order valence-electron chi connectivity index (χ4n) is 1.71. The van der Waals surface area contributed by atoms with Gasteiger partial charge in [-0.2, -0.15) is 5.10 Å². The predicted octanol–water partition coefficient (Wildman–Crippen LogP) is 1.77. The van der Waals surface area contributed by atoms with Gasteiger partial charge in [-0.25, -0.2) is 4.79 Å². The molecule has 0 atom stereocenters. The SMILES string of the molecule is CCOC(=O)c1cn[nH]c1NC(=O)Cc1ccccc1. The number of aromatic amines is 1. The van der Waals surface area contributed by atoms with Crippen molar-refractivity contribution in [3.63, 3.8) is 0 Å². The molecule has 0 radical (unpaired) electrons. The third kappa shape index (κ3) is 3.44. The fourth-order valence-corrected chi connectivity index (χ4v) is 1.71. The first-order valence-electron chi connectivity index (χ1n) is 6.25. The molecule has 2 N–H and O–H groups in total. The Hall–Kier alpha value is -2.63. The minimum atomic E-state index is -0.517. The van der Waals surface area contributed by atoms with Gasteiger partial charge in [0.15, 0.2) is 0 Å². The smallest absolute Gasteiger partial charge is 0.343 e. The first-order chi connectivity index (χ1) is 9.70. The van der Waals surface area contributed by atoms with Crippen LogP contribution >= 0.6 is 0 Å². The number of benzene rings is 1. The zero-order chi connectivity index (χ0) is 14.4. The Morgan fingerprint density at radius 1 is 1.30 bits per heavy atom. The molecule has 0 saturated carbocycles. The molecule has 0 aliphatic carbocycles. The largest absolute Gasteiger partial charge is 0.462 e. The van der Waals surface area contributed by atoms with Crippen molar-refractivity contribution in [3.05, 3.63) is 47.7 Å². The average Bonchev–Trinajstić information content (AvgIpc) is 2.88. The van der Waals surface area contributed by atoms with Crippen molar-refractivity contribution < 1.29 is 14.3 Å². The zero-order valence-electron chi connectivity index (χ0n) is 11.1. The number of amides is 1. The monoisotopic (exact) mass is 273 g/mol. The van der Waals surface area contributed by atoms with Crippen LogP contribution < -0.4 is 5.32 Å². The molecule has 0 unspecified atom stereocenters. The summed E-state index contributed by atoms with van der Waals surface area (Å²) in [6, 6.07) is 9.33. The molecule has 0 aliphatic heterocycles. The second kappa shape index (κ2) is 6.51. The maximum absolute atomic E-state index is 11.9. The van der Waals surface area contributed by atoms with Crippen molar-refractivity contribution in [3.8, 4) is 0 Å². The number of hydrogen-bond donors (Lipinski definition) is 2. The Morgan fingerprint density at radius 3 is 2.75 bits per heavy atom. The van der Waals surface area contributed by atoms with E-state index in [0.29, 0.717) is 0 Å². The van der Waals surface area contributed by atoms with Crippen LogP contribution in [-0.4, -0.2) is 28.7 Å². The van der Waals surface area contributed by atoms with Gasteiger partial charge in [-0.05, 0) is 12.5 Å². The molecular weight excluding hydrogens is 258 g/mol. The molecule has 1 amide bonds. The maximum Gasteiger partial charge on any atom is 0.343 e. The lowest BCUT2D eigenvalue weighted by Crippen LogP contribution is -2.17. The van der Waals surface area contributed by atoms with E-state index in [9.17, 15) is 9.59 Å². The Balaban J connectivity index is 2.02. The summed E-state index contributed by atoms with van der Waals surface area (Å²) in [5.74, 6) is -0.494. The molecule has 2 rings (SSSR count). The van der Waals surface area contributed by atoms with Gasteiger partial charge < -0.3 is 10.1 Å². The van der Waals surface area contributed by atoms with Crippen LogP contribution in [0.2, 0.25) is 0 Å². The van der Waals surface area contributed by atoms with Crippen molar-refractivity contribution in [2.75, 3.05) is 11.9 Å². The molecule has 6 nitrogen and oxygen atoms in total. The van der Waals surface area contributed by atoms with Gasteiger partial charge >= 0.3 is 5.97 Å². The lowest BCUT2D eigenvalue weighted by atomic mass is 10.1. The Bertz CT molecular complexity index is 593. The normalized spacial score (nSPS) is 10.1. The molecule has 0 aliphatic rings. The van der Waals surface area contributed by atoms with E-state index >= 15 is 0 Å². The molecule has 6 heteroatoms. The molecule has 104 valence electrons. The van der Waals surface area contributed by atoms with Gasteiger partial charge in [-0.15, -0.1) is 0 Å². The van der Waals surface area contributed by atoms with Crippen LogP contribution in [0.4, 0.5) is 5.82 Å². The van der Waals surface area contributed by atoms with Gasteiger partial charge in [0, 0.05) is 0 Å². The fraction of sp³-hybridized carbons (Fsp3) is 0.214. The van der Waals surface area contributed by atoms with E-state index in [1.165, 1.54) is 6.20 Å². The molecule has 2 aromatic rings. The summed E-state index contributed by atoms with van der Waals surface area (Å²) in [7, 11) is 0. The number of carbonyl (C=O) groups is 2. The highest BCUT2D eigenvalue weighted by Gasteiger charge is 2.16. The highest BCUT2D eigenvalue weighted by Crippen LogP contribution is 2.13. The van der Waals surface area contributed by atoms with Crippen LogP contribution in [0, 0.1) is 0 Å². The number of H-pyrrole nitrogens is 1. The molecule has 1 aromatic carbocycles. The lowest BCUT2D eigenvalue weighted by molar-refractivity contribution is -0.115. The van der Waals surface area contributed by atoms with Crippen molar-refractivity contribution in [1.82, 2.24) is 10.2 Å². The van der Waals surface area contributed by atoms with Crippen molar-refractivity contribution in [1.29, 1.82) is 0 Å². The van der Waals surface area contributed by atoms with E-state index in [4.69, 9.17) is 4.74 Å². The van der Waals surface area contributed by atoms with E-state index in [2.05, 4.69) is 15.5 Å². The number of aromatic nitrogens is 2. The Labute approximate surface area is 116 Å². The molecule has 0 fully saturated rings. The minimum Gasteiger partial charge on any atom is -0.462 e. The summed E-state index contributed by atoms with van der Waals surface area (Å²) in [5.41, 5.74) is 1.11. The molecule has 0 bridgehead atoms. The van der Waals surface area contributed by atoms with Gasteiger partial charge in [0.2, 0.25) is 5.91 Å². The second-order valence-corrected chi connectivity index (χ2v) is 4.09. The van der Waals surface area contributed by atoms with Crippen molar-refractivity contribution in [2.45, 2.75) is 13.3 Å². The van der Waals surface area contributed by atoms with E-state index in [-0.39, 0.29) is 30.3 Å². The predicted molar refractivity (Wildman–Crippen MR) is 73.3 cm³/mol. The molecular formula is C14H15N3O3. The summed E-state index contributed by atoms with van der Waals surface area (Å²) in [6.07, 6.45) is 1.55. The number of nitrogens with one attached hydrogen (secondary N) is 2. The number of anilines is 1. The van der Waals surface area contributed by atoms with Gasteiger partial charge in [0.05, 0.1) is 19.2 Å². The number of esters is 1. The second-order valence-electron chi connectivity index (χ2n) is 4.09. The topological polar surface area (TPSA) is 84.1 Å². The third-order valence-electron chi connectivity index (χ3n) is 2.61. The number of carbonyl (C=O) groups excluding carboxylic acids is 2. The lowest BCUT2D eigenvalue weighted by Gasteiger charge is -2.05. The van der Waals surface area contributed by atoms with E-state index < -0.39 is 5.97 Å². The quantitative estimate of drug-likeness (QED) is 0.813. The van der Waals surface area contributed by atoms with Crippen molar-refractivity contribution >= 4 is 17.7 Å². The summed E-state index contributed by atoms with van der Waals surface area (Å²) in [4.78, 5) is 23.5. The number of ether oxygens (including phenoxy) is 1. The van der Waals surface area contributed by atoms with Crippen LogP contribution in [0.3, 0.4) is 0 Å². The van der Waals surface area contributed by atoms with Crippen LogP contribution in [0.1, 0.15) is 22.8 Å². The summed E-state index contributed by atoms with van der Waals surface area (Å²) >= 11 is 0. The van der Waals surface area contributed by atoms with Crippen LogP contribution in [-0.2, 0) is 16.0 Å². The van der Waals surface area contributed by atoms with Gasteiger partial charge in [0.25, 0.3) is 0 Å². The Morgan fingerprint density at radius 2 is 2.05 bits per heavy atom. The molecule has 1 heterocycles. The average molecular weight is 273 g/mol. The van der Waals surface area contributed by atoms with E-state index in [1.807, 2.05) is 30.3 Å². The molecule has 20 heavy (non-hydrogen) atoms. The first kappa shape index (κ1) is 13.8. The van der Waals surface area contributed by atoms with Crippen LogP contribution in [0.15, 0.2) is 36.5 Å². The zero-order valence-corrected chi connectivity index (χ0v) is 11.1. The highest BCUT2D eigenvalue weighted by molar-refractivity contribution is 6.00.